The van der Waals surface area contributed by atoms with Crippen LogP contribution in [0.4, 0.5) is 15.9 Å². The maximum atomic E-state index is 17.6. The fourth-order valence-corrected chi connectivity index (χ4v) is 13.8. The molecule has 5 unspecified atom stereocenters. The molecule has 2 saturated carbocycles. The summed E-state index contributed by atoms with van der Waals surface area (Å²) in [5.41, 5.74) is 3.59. The molecule has 5 saturated heterocycles. The summed E-state index contributed by atoms with van der Waals surface area (Å²) in [6, 6.07) is 14.7. The molecule has 3 N–H and O–H groups in total. The fraction of sp³-hybridized carbons (Fsp3) is 0.517. The lowest BCUT2D eigenvalue weighted by atomic mass is 9.69. The molecule has 2 aliphatic carbocycles. The number of fused-ring (bicyclic) bond motifs is 6. The van der Waals surface area contributed by atoms with Gasteiger partial charge in [0.05, 0.1) is 13.7 Å². The molecular formula is C58H65FN10O6. The second-order valence-electron chi connectivity index (χ2n) is 23.0. The number of amides is 3. The molecule has 17 heteroatoms. The van der Waals surface area contributed by atoms with Gasteiger partial charge < -0.3 is 44.4 Å². The van der Waals surface area contributed by atoms with Crippen molar-refractivity contribution in [1.29, 1.82) is 0 Å². The summed E-state index contributed by atoms with van der Waals surface area (Å²) in [4.78, 5) is 63.9. The highest BCUT2D eigenvalue weighted by Gasteiger charge is 2.47. The molecule has 0 radical (unpaired) electrons. The van der Waals surface area contributed by atoms with Crippen molar-refractivity contribution in [3.05, 3.63) is 71.0 Å². The first kappa shape index (κ1) is 48.1. The Hall–Kier alpha value is -6.61. The van der Waals surface area contributed by atoms with Crippen molar-refractivity contribution in [2.24, 2.45) is 23.2 Å². The summed E-state index contributed by atoms with van der Waals surface area (Å²) in [5, 5.41) is 18.9. The summed E-state index contributed by atoms with van der Waals surface area (Å²) in [7, 11) is 1.53. The van der Waals surface area contributed by atoms with E-state index in [1.807, 2.05) is 24.3 Å². The van der Waals surface area contributed by atoms with Crippen LogP contribution in [0.5, 0.6) is 17.6 Å². The number of aromatic hydroxyl groups is 1. The van der Waals surface area contributed by atoms with Gasteiger partial charge in [0.25, 0.3) is 5.91 Å². The number of carbonyl (C=O) groups is 3. The molecule has 7 fully saturated rings. The molecule has 390 valence electrons. The Bertz CT molecular complexity index is 3140. The number of piperidine rings is 2. The first-order chi connectivity index (χ1) is 36.5. The number of phenols is 1. The van der Waals surface area contributed by atoms with E-state index < -0.39 is 11.9 Å². The lowest BCUT2D eigenvalue weighted by molar-refractivity contribution is -0.136. The first-order valence-electron chi connectivity index (χ1n) is 27.3. The van der Waals surface area contributed by atoms with Gasteiger partial charge in [-0.1, -0.05) is 18.1 Å². The zero-order valence-electron chi connectivity index (χ0n) is 42.7. The second-order valence-corrected chi connectivity index (χ2v) is 23.0. The van der Waals surface area contributed by atoms with Gasteiger partial charge in [-0.15, -0.1) is 6.42 Å². The molecule has 5 atom stereocenters. The molecule has 0 spiro atoms. The summed E-state index contributed by atoms with van der Waals surface area (Å²) in [6.07, 6.45) is 15.6. The third-order valence-electron chi connectivity index (χ3n) is 18.2. The highest BCUT2D eigenvalue weighted by atomic mass is 19.1. The van der Waals surface area contributed by atoms with Crippen LogP contribution in [-0.4, -0.2) is 150 Å². The van der Waals surface area contributed by atoms with Crippen LogP contribution >= 0.6 is 0 Å². The van der Waals surface area contributed by atoms with Crippen molar-refractivity contribution in [3.8, 4) is 41.2 Å². The number of nitrogens with zero attached hydrogens (tertiary/aromatic N) is 8. The van der Waals surface area contributed by atoms with Crippen molar-refractivity contribution in [3.63, 3.8) is 0 Å². The van der Waals surface area contributed by atoms with Gasteiger partial charge in [0.1, 0.15) is 34.2 Å². The first-order valence-corrected chi connectivity index (χ1v) is 27.3. The van der Waals surface area contributed by atoms with Gasteiger partial charge in [-0.3, -0.25) is 19.7 Å². The molecule has 5 aromatic rings. The van der Waals surface area contributed by atoms with Gasteiger partial charge in [0, 0.05) is 124 Å². The smallest absolute Gasteiger partial charge is 0.319 e. The fourth-order valence-electron chi connectivity index (χ4n) is 13.8. The summed E-state index contributed by atoms with van der Waals surface area (Å²) in [6.45, 7) is 10.1. The molecule has 8 aliphatic rings. The van der Waals surface area contributed by atoms with E-state index in [-0.39, 0.29) is 70.5 Å². The quantitative estimate of drug-likeness (QED) is 0.0969. The van der Waals surface area contributed by atoms with Crippen molar-refractivity contribution < 1.29 is 33.4 Å². The van der Waals surface area contributed by atoms with Gasteiger partial charge in [-0.05, 0) is 123 Å². The van der Waals surface area contributed by atoms with E-state index >= 15 is 4.39 Å². The number of carbonyl (C=O) groups excluding carboxylic acids is 3. The standard InChI is InChI=1S/C58H65FN10O6/c1-3-35-5-4-6-38-26-43(70)27-45(48(35)38)51-50(59)52-49(55(62-51)74-2)53(68-30-40-23-36-7-8-37(36)24-41(31-68)60-40)64-57(63-52)75-33-58(15-16-58)32-66-21-19-65(20-22-66)28-34-13-17-67(18-14-34)42-9-10-44-39(25-42)29-69(56(44)73)46-11-12-47(71)61-54(46)72/h1,4-6,9-10,25-27,34,36-37,40-41,46,60,70H,7-8,11-24,28-33H2,2H3,(H,61,71,72). The number of aromatic nitrogens is 3. The third-order valence-corrected chi connectivity index (χ3v) is 18.2. The monoisotopic (exact) mass is 1020 g/mol. The molecule has 8 heterocycles. The van der Waals surface area contributed by atoms with E-state index in [0.717, 1.165) is 114 Å². The number of hydrogen-bond acceptors (Lipinski definition) is 14. The van der Waals surface area contributed by atoms with Gasteiger partial charge in [-0.2, -0.15) is 9.97 Å². The number of methoxy groups -OCH3 is 1. The average molecular weight is 1020 g/mol. The Labute approximate surface area is 436 Å². The molecule has 3 amide bonds. The normalized spacial score (nSPS) is 25.9. The van der Waals surface area contributed by atoms with E-state index in [4.69, 9.17) is 30.8 Å². The highest BCUT2D eigenvalue weighted by Crippen LogP contribution is 2.48. The van der Waals surface area contributed by atoms with Crippen LogP contribution in [0.3, 0.4) is 0 Å². The van der Waals surface area contributed by atoms with Crippen molar-refractivity contribution in [2.75, 3.05) is 89.0 Å². The largest absolute Gasteiger partial charge is 0.508 e. The van der Waals surface area contributed by atoms with Gasteiger partial charge in [0.15, 0.2) is 5.82 Å². The Morgan fingerprint density at radius 1 is 0.853 bits per heavy atom. The SMILES string of the molecule is C#Cc1cccc2cc(O)cc(-c3nc(OC)c4c(N5CC6CC7CCC7CC(C5)N6)nc(OCC5(CN6CCN(CC7CCN(c8ccc9c(c8)CN(C8CCC(=O)NC8=O)C9=O)CC7)CC6)CC5)nc4c3F)c12. The number of rotatable bonds is 12. The number of halogens is 1. The molecule has 2 aromatic heterocycles. The lowest BCUT2D eigenvalue weighted by Crippen LogP contribution is -2.56. The van der Waals surface area contributed by atoms with E-state index in [0.29, 0.717) is 77.2 Å². The number of piperazine rings is 2. The number of ether oxygens (including phenoxy) is 2. The lowest BCUT2D eigenvalue weighted by Gasteiger charge is -2.40. The Balaban J connectivity index is 0.675. The van der Waals surface area contributed by atoms with Gasteiger partial charge in [0.2, 0.25) is 17.7 Å². The third kappa shape index (κ3) is 9.05. The Morgan fingerprint density at radius 2 is 1.61 bits per heavy atom. The molecule has 13 rings (SSSR count). The Kier molecular flexibility index (Phi) is 12.3. The van der Waals surface area contributed by atoms with Crippen molar-refractivity contribution in [1.82, 2.24) is 40.3 Å². The van der Waals surface area contributed by atoms with Crippen LogP contribution in [0.15, 0.2) is 48.5 Å². The number of pyridine rings is 1. The molecule has 6 aliphatic heterocycles. The van der Waals surface area contributed by atoms with Crippen LogP contribution in [0, 0.1) is 41.3 Å². The van der Waals surface area contributed by atoms with Crippen LogP contribution < -0.4 is 29.9 Å². The number of hydrogen-bond donors (Lipinski definition) is 3. The number of benzene rings is 3. The molecule has 75 heavy (non-hydrogen) atoms. The van der Waals surface area contributed by atoms with E-state index in [2.05, 4.69) is 42.2 Å². The van der Waals surface area contributed by atoms with E-state index in [1.165, 1.54) is 26.0 Å². The summed E-state index contributed by atoms with van der Waals surface area (Å²) in [5.74, 6) is 4.07. The number of terminal acetylenes is 1. The van der Waals surface area contributed by atoms with Crippen molar-refractivity contribution in [2.45, 2.75) is 88.9 Å². The average Bonchev–Trinajstić information content (AvgIpc) is 4.12. The minimum atomic E-state index is -0.660. The molecule has 16 nitrogen and oxygen atoms in total. The number of anilines is 2. The highest BCUT2D eigenvalue weighted by molar-refractivity contribution is 6.06. The van der Waals surface area contributed by atoms with E-state index in [1.54, 1.807) is 17.0 Å². The molecule has 2 bridgehead atoms. The minimum absolute atomic E-state index is 0.0233. The Morgan fingerprint density at radius 3 is 2.32 bits per heavy atom. The number of phenolic OH excluding ortho intramolecular Hbond substituents is 1. The second kappa shape index (κ2) is 19.2. The minimum Gasteiger partial charge on any atom is -0.508 e. The predicted molar refractivity (Wildman–Crippen MR) is 282 cm³/mol. The number of imide groups is 1. The molecular weight excluding hydrogens is 952 g/mol. The maximum Gasteiger partial charge on any atom is 0.319 e. The maximum absolute atomic E-state index is 17.6. The van der Waals surface area contributed by atoms with Gasteiger partial charge in [-0.25, -0.2) is 9.37 Å². The molecule has 3 aromatic carbocycles. The van der Waals surface area contributed by atoms with Crippen LogP contribution in [-0.2, 0) is 16.1 Å². The van der Waals surface area contributed by atoms with Crippen LogP contribution in [0.2, 0.25) is 0 Å². The van der Waals surface area contributed by atoms with Gasteiger partial charge >= 0.3 is 6.01 Å². The zero-order chi connectivity index (χ0) is 51.1. The van der Waals surface area contributed by atoms with Crippen LogP contribution in [0.1, 0.15) is 85.7 Å². The number of nitrogens with one attached hydrogen (secondary N) is 2. The summed E-state index contributed by atoms with van der Waals surface area (Å²) < 4.78 is 30.3. The summed E-state index contributed by atoms with van der Waals surface area (Å²) >= 11 is 0. The zero-order valence-corrected chi connectivity index (χ0v) is 42.7. The van der Waals surface area contributed by atoms with Crippen molar-refractivity contribution >= 4 is 50.9 Å². The predicted octanol–water partition coefficient (Wildman–Crippen LogP) is 6.10. The van der Waals surface area contributed by atoms with E-state index in [9.17, 15) is 19.5 Å². The van der Waals surface area contributed by atoms with Crippen LogP contribution in [0.25, 0.3) is 32.9 Å². The topological polar surface area (TPSA) is 169 Å².